The van der Waals surface area contributed by atoms with Gasteiger partial charge in [-0.15, -0.1) is 0 Å². The van der Waals surface area contributed by atoms with Gasteiger partial charge in [-0.3, -0.25) is 4.79 Å². The van der Waals surface area contributed by atoms with E-state index in [1.807, 2.05) is 0 Å². The van der Waals surface area contributed by atoms with Gasteiger partial charge in [-0.1, -0.05) is 6.42 Å². The highest BCUT2D eigenvalue weighted by atomic mass is 16.1. The third-order valence-corrected chi connectivity index (χ3v) is 4.13. The second kappa shape index (κ2) is 3.07. The highest BCUT2D eigenvalue weighted by Gasteiger charge is 2.94. The lowest BCUT2D eigenvalue weighted by Crippen LogP contribution is -2.28. The monoisotopic (exact) mass is 224 g/mol. The van der Waals surface area contributed by atoms with E-state index in [1.165, 1.54) is 0 Å². The molecule has 0 aromatic rings. The molecule has 0 bridgehead atoms. The van der Waals surface area contributed by atoms with Crippen LogP contribution >= 0.6 is 0 Å². The fourth-order valence-corrected chi connectivity index (χ4v) is 3.22. The highest BCUT2D eigenvalue weighted by Crippen LogP contribution is 2.80. The number of nitrogens with zero attached hydrogens (tertiary/aromatic N) is 4. The molecule has 0 unspecified atom stereocenters. The molecule has 2 aliphatic carbocycles. The Kier molecular flexibility index (Phi) is 2.01. The van der Waals surface area contributed by atoms with Gasteiger partial charge in [-0.25, -0.2) is 0 Å². The molecule has 0 amide bonds. The van der Waals surface area contributed by atoms with Crippen LogP contribution in [0.15, 0.2) is 0 Å². The lowest BCUT2D eigenvalue weighted by atomic mass is 9.77. The lowest BCUT2D eigenvalue weighted by molar-refractivity contribution is -0.127. The molecule has 0 saturated heterocycles. The molecule has 0 aromatic carbocycles. The summed E-state index contributed by atoms with van der Waals surface area (Å²) < 4.78 is 0. The number of Topliss-reactive ketones (excluding diaryl/α,β-unsaturated/α-hetero) is 1. The van der Waals surface area contributed by atoms with Crippen molar-refractivity contribution in [3.8, 4) is 24.3 Å². The van der Waals surface area contributed by atoms with Gasteiger partial charge in [0, 0.05) is 6.42 Å². The third kappa shape index (κ3) is 0.780. The van der Waals surface area contributed by atoms with E-state index in [1.54, 1.807) is 24.3 Å². The van der Waals surface area contributed by atoms with Crippen molar-refractivity contribution in [2.45, 2.75) is 25.7 Å². The Bertz CT molecular complexity index is 497. The van der Waals surface area contributed by atoms with Gasteiger partial charge in [0.25, 0.3) is 0 Å². The van der Waals surface area contributed by atoms with Gasteiger partial charge in [0.1, 0.15) is 5.78 Å². The van der Waals surface area contributed by atoms with Crippen molar-refractivity contribution in [3.05, 3.63) is 0 Å². The van der Waals surface area contributed by atoms with Crippen LogP contribution < -0.4 is 0 Å². The molecule has 5 nitrogen and oxygen atoms in total. The van der Waals surface area contributed by atoms with Crippen LogP contribution in [0.5, 0.6) is 0 Å². The standard InChI is InChI=1S/C12H8N4O/c13-5-10(6-14)11(7-15,8-16)12(10)4-2-1-3-9(12)17/h1-4H2. The van der Waals surface area contributed by atoms with E-state index in [-0.39, 0.29) is 18.6 Å². The van der Waals surface area contributed by atoms with Gasteiger partial charge in [0.05, 0.1) is 29.7 Å². The summed E-state index contributed by atoms with van der Waals surface area (Å²) in [5, 5.41) is 36.7. The van der Waals surface area contributed by atoms with Gasteiger partial charge < -0.3 is 0 Å². The zero-order valence-electron chi connectivity index (χ0n) is 9.03. The Morgan fingerprint density at radius 2 is 1.35 bits per heavy atom. The van der Waals surface area contributed by atoms with E-state index in [9.17, 15) is 4.79 Å². The Morgan fingerprint density at radius 3 is 1.71 bits per heavy atom. The summed E-state index contributed by atoms with van der Waals surface area (Å²) in [6.07, 6.45) is 1.90. The van der Waals surface area contributed by atoms with E-state index < -0.39 is 16.2 Å². The molecule has 0 N–H and O–H groups in total. The summed E-state index contributed by atoms with van der Waals surface area (Å²) in [5.41, 5.74) is -4.92. The first kappa shape index (κ1) is 11.1. The van der Waals surface area contributed by atoms with E-state index in [0.717, 1.165) is 0 Å². The van der Waals surface area contributed by atoms with Crippen LogP contribution in [0, 0.1) is 61.6 Å². The van der Waals surface area contributed by atoms with E-state index in [0.29, 0.717) is 12.8 Å². The second-order valence-corrected chi connectivity index (χ2v) is 4.48. The first-order chi connectivity index (χ1) is 8.12. The predicted octanol–water partition coefficient (Wildman–Crippen LogP) is 1.20. The quantitative estimate of drug-likeness (QED) is 0.613. The predicted molar refractivity (Wildman–Crippen MR) is 53.2 cm³/mol. The van der Waals surface area contributed by atoms with Crippen LogP contribution in [0.25, 0.3) is 0 Å². The summed E-state index contributed by atoms with van der Waals surface area (Å²) >= 11 is 0. The average molecular weight is 224 g/mol. The Labute approximate surface area is 98.5 Å². The molecule has 82 valence electrons. The van der Waals surface area contributed by atoms with Crippen molar-refractivity contribution in [3.63, 3.8) is 0 Å². The molecule has 0 aliphatic heterocycles. The Balaban J connectivity index is 2.69. The minimum absolute atomic E-state index is 0.246. The van der Waals surface area contributed by atoms with Crippen LogP contribution in [0.1, 0.15) is 25.7 Å². The average Bonchev–Trinajstić information content (AvgIpc) is 2.89. The van der Waals surface area contributed by atoms with Crippen LogP contribution in [0.2, 0.25) is 0 Å². The van der Waals surface area contributed by atoms with E-state index in [4.69, 9.17) is 21.0 Å². The number of carbonyl (C=O) groups excluding carboxylic acids is 1. The zero-order valence-corrected chi connectivity index (χ0v) is 9.03. The number of hydrogen-bond donors (Lipinski definition) is 0. The third-order valence-electron chi connectivity index (χ3n) is 4.13. The van der Waals surface area contributed by atoms with Crippen molar-refractivity contribution in [1.29, 1.82) is 21.0 Å². The Morgan fingerprint density at radius 1 is 0.882 bits per heavy atom. The molecule has 1 spiro atoms. The SMILES string of the molecule is N#CC1(C#N)C(C#N)(C#N)C12CCCCC2=O. The maximum Gasteiger partial charge on any atom is 0.191 e. The molecule has 0 heterocycles. The fraction of sp³-hybridized carbons (Fsp3) is 0.583. The normalized spacial score (nSPS) is 26.0. The van der Waals surface area contributed by atoms with Gasteiger partial charge in [-0.2, -0.15) is 21.0 Å². The molecule has 2 fully saturated rings. The molecule has 5 heteroatoms. The Hall–Kier alpha value is -2.37. The summed E-state index contributed by atoms with van der Waals surface area (Å²) in [6.45, 7) is 0. The molecule has 0 aromatic heterocycles. The van der Waals surface area contributed by atoms with E-state index in [2.05, 4.69) is 0 Å². The molecule has 2 rings (SSSR count). The molecule has 2 aliphatic rings. The van der Waals surface area contributed by atoms with Gasteiger partial charge in [0.15, 0.2) is 10.8 Å². The van der Waals surface area contributed by atoms with Crippen LogP contribution in [-0.2, 0) is 4.79 Å². The molecule has 2 saturated carbocycles. The van der Waals surface area contributed by atoms with Gasteiger partial charge in [-0.05, 0) is 12.8 Å². The molecule has 0 radical (unpaired) electrons. The van der Waals surface area contributed by atoms with E-state index >= 15 is 0 Å². The van der Waals surface area contributed by atoms with Crippen molar-refractivity contribution in [1.82, 2.24) is 0 Å². The lowest BCUT2D eigenvalue weighted by Gasteiger charge is -2.21. The molecular formula is C12H8N4O. The largest absolute Gasteiger partial charge is 0.299 e. The minimum atomic E-state index is -1.78. The number of nitriles is 4. The van der Waals surface area contributed by atoms with Crippen LogP contribution in [0.3, 0.4) is 0 Å². The second-order valence-electron chi connectivity index (χ2n) is 4.48. The summed E-state index contributed by atoms with van der Waals surface area (Å²) in [4.78, 5) is 12.0. The number of carbonyl (C=O) groups is 1. The molecule has 17 heavy (non-hydrogen) atoms. The first-order valence-corrected chi connectivity index (χ1v) is 5.31. The van der Waals surface area contributed by atoms with Gasteiger partial charge in [0.2, 0.25) is 0 Å². The first-order valence-electron chi connectivity index (χ1n) is 5.31. The van der Waals surface area contributed by atoms with Crippen molar-refractivity contribution in [2.24, 2.45) is 16.2 Å². The van der Waals surface area contributed by atoms with Crippen molar-refractivity contribution < 1.29 is 4.79 Å². The number of hydrogen-bond acceptors (Lipinski definition) is 5. The maximum atomic E-state index is 12.0. The fourth-order valence-electron chi connectivity index (χ4n) is 3.22. The molecular weight excluding hydrogens is 216 g/mol. The highest BCUT2D eigenvalue weighted by molar-refractivity contribution is 5.96. The van der Waals surface area contributed by atoms with Crippen LogP contribution in [-0.4, -0.2) is 5.78 Å². The van der Waals surface area contributed by atoms with Gasteiger partial charge >= 0.3 is 0 Å². The summed E-state index contributed by atoms with van der Waals surface area (Å²) in [6, 6.07) is 7.04. The van der Waals surface area contributed by atoms with Crippen molar-refractivity contribution >= 4 is 5.78 Å². The smallest absolute Gasteiger partial charge is 0.191 e. The summed E-state index contributed by atoms with van der Waals surface area (Å²) in [7, 11) is 0. The number of rotatable bonds is 0. The topological polar surface area (TPSA) is 112 Å². The zero-order chi connectivity index (χ0) is 12.7. The summed E-state index contributed by atoms with van der Waals surface area (Å²) in [5.74, 6) is -0.282. The minimum Gasteiger partial charge on any atom is -0.299 e. The van der Waals surface area contributed by atoms with Crippen LogP contribution in [0.4, 0.5) is 0 Å². The van der Waals surface area contributed by atoms with Crippen molar-refractivity contribution in [2.75, 3.05) is 0 Å². The molecule has 0 atom stereocenters. The maximum absolute atomic E-state index is 12.0. The number of ketones is 1.